The Bertz CT molecular complexity index is 647. The third kappa shape index (κ3) is 4.13. The highest BCUT2D eigenvalue weighted by atomic mass is 79.9. The van der Waals surface area contributed by atoms with E-state index in [0.717, 1.165) is 11.3 Å². The number of nitrogens with one attached hydrogen (secondary N) is 2. The molecule has 2 aromatic carbocycles. The lowest BCUT2D eigenvalue weighted by Gasteiger charge is -2.10. The van der Waals surface area contributed by atoms with E-state index < -0.39 is 6.09 Å². The van der Waals surface area contributed by atoms with Crippen molar-refractivity contribution in [1.82, 2.24) is 0 Å². The van der Waals surface area contributed by atoms with Crippen LogP contribution in [0.4, 0.5) is 16.2 Å². The van der Waals surface area contributed by atoms with Crippen molar-refractivity contribution >= 4 is 33.4 Å². The number of benzene rings is 2. The average molecular weight is 351 g/mol. The maximum atomic E-state index is 11.2. The molecule has 0 aliphatic carbocycles. The summed E-state index contributed by atoms with van der Waals surface area (Å²) in [4.78, 5) is 11.2. The highest BCUT2D eigenvalue weighted by Crippen LogP contribution is 2.28. The van der Waals surface area contributed by atoms with Gasteiger partial charge in [0.25, 0.3) is 0 Å². The lowest BCUT2D eigenvalue weighted by molar-refractivity contribution is 0.187. The number of ether oxygens (including phenoxy) is 1. The molecule has 0 spiro atoms. The maximum absolute atomic E-state index is 11.2. The fraction of sp³-hybridized carbons (Fsp3) is 0.133. The molecule has 0 fully saturated rings. The Balaban J connectivity index is 2.05. The number of methoxy groups -OCH3 is 1. The van der Waals surface area contributed by atoms with Gasteiger partial charge in [0.15, 0.2) is 0 Å². The van der Waals surface area contributed by atoms with Crippen LogP contribution in [-0.4, -0.2) is 18.3 Å². The Morgan fingerprint density at radius 2 is 1.95 bits per heavy atom. The quantitative estimate of drug-likeness (QED) is 0.780. The lowest BCUT2D eigenvalue weighted by atomic mass is 10.2. The number of anilines is 2. The molecule has 0 aromatic heterocycles. The topological polar surface area (TPSA) is 70.6 Å². The van der Waals surface area contributed by atoms with Gasteiger partial charge in [-0.1, -0.05) is 18.2 Å². The van der Waals surface area contributed by atoms with Crippen LogP contribution in [0.2, 0.25) is 0 Å². The summed E-state index contributed by atoms with van der Waals surface area (Å²) in [5, 5.41) is 15.7. The number of amides is 1. The van der Waals surface area contributed by atoms with E-state index >= 15 is 0 Å². The number of hydrogen-bond donors (Lipinski definition) is 3. The predicted octanol–water partition coefficient (Wildman–Crippen LogP) is 3.95. The number of phenols is 1. The smallest absolute Gasteiger partial charge is 0.411 e. The van der Waals surface area contributed by atoms with Crippen molar-refractivity contribution in [3.8, 4) is 5.75 Å². The van der Waals surface area contributed by atoms with Crippen molar-refractivity contribution in [2.45, 2.75) is 6.54 Å². The third-order valence-electron chi connectivity index (χ3n) is 2.85. The summed E-state index contributed by atoms with van der Waals surface area (Å²) in [6.45, 7) is 0.465. The number of rotatable bonds is 4. The summed E-state index contributed by atoms with van der Waals surface area (Å²) in [6, 6.07) is 12.7. The molecule has 0 bridgehead atoms. The number of aromatic hydroxyl groups is 1. The molecule has 0 saturated carbocycles. The first-order valence-corrected chi connectivity index (χ1v) is 7.04. The summed E-state index contributed by atoms with van der Waals surface area (Å²) >= 11 is 3.28. The normalized spacial score (nSPS) is 10.0. The van der Waals surface area contributed by atoms with Crippen LogP contribution in [0, 0.1) is 0 Å². The standard InChI is InChI=1S/C15H15BrN2O3/c1-21-15(20)18-12-6-3-5-11(8-12)17-9-10-4-2-7-13(16)14(10)19/h2-8,17,19H,9H2,1H3,(H,18,20). The number of carbonyl (C=O) groups excluding carboxylic acids is 1. The van der Waals surface area contributed by atoms with Gasteiger partial charge in [-0.3, -0.25) is 5.32 Å². The molecule has 0 aliphatic heterocycles. The fourth-order valence-electron chi connectivity index (χ4n) is 1.78. The molecule has 1 amide bonds. The number of halogens is 1. The first-order chi connectivity index (χ1) is 10.1. The Morgan fingerprint density at radius 1 is 1.24 bits per heavy atom. The zero-order valence-corrected chi connectivity index (χ0v) is 13.0. The molecule has 2 rings (SSSR count). The summed E-state index contributed by atoms with van der Waals surface area (Å²) in [5.74, 6) is 0.217. The second-order valence-corrected chi connectivity index (χ2v) is 5.15. The van der Waals surface area contributed by atoms with Gasteiger partial charge in [0.2, 0.25) is 0 Å². The van der Waals surface area contributed by atoms with E-state index in [1.807, 2.05) is 24.3 Å². The molecule has 0 saturated heterocycles. The van der Waals surface area contributed by atoms with E-state index in [9.17, 15) is 9.90 Å². The van der Waals surface area contributed by atoms with Crippen molar-refractivity contribution < 1.29 is 14.6 Å². The van der Waals surface area contributed by atoms with Crippen LogP contribution in [0.25, 0.3) is 0 Å². The van der Waals surface area contributed by atoms with Gasteiger partial charge < -0.3 is 15.2 Å². The van der Waals surface area contributed by atoms with Crippen LogP contribution in [0.5, 0.6) is 5.75 Å². The largest absolute Gasteiger partial charge is 0.506 e. The molecule has 110 valence electrons. The molecule has 0 atom stereocenters. The van der Waals surface area contributed by atoms with Gasteiger partial charge in [-0.05, 0) is 40.2 Å². The summed E-state index contributed by atoms with van der Waals surface area (Å²) in [5.41, 5.74) is 2.23. The zero-order valence-electron chi connectivity index (χ0n) is 11.4. The molecule has 0 unspecified atom stereocenters. The minimum absolute atomic E-state index is 0.217. The van der Waals surface area contributed by atoms with Gasteiger partial charge in [-0.2, -0.15) is 0 Å². The first kappa shape index (κ1) is 15.2. The van der Waals surface area contributed by atoms with Crippen LogP contribution in [0.1, 0.15) is 5.56 Å². The van der Waals surface area contributed by atoms with Crippen LogP contribution < -0.4 is 10.6 Å². The Kier molecular flexibility index (Phi) is 5.05. The van der Waals surface area contributed by atoms with Crippen LogP contribution in [0.3, 0.4) is 0 Å². The number of phenolic OH excluding ortho intramolecular Hbond substituents is 1. The Labute approximate surface area is 131 Å². The average Bonchev–Trinajstić information content (AvgIpc) is 2.49. The highest BCUT2D eigenvalue weighted by molar-refractivity contribution is 9.10. The van der Waals surface area contributed by atoms with Crippen LogP contribution >= 0.6 is 15.9 Å². The molecular formula is C15H15BrN2O3. The van der Waals surface area contributed by atoms with E-state index in [1.54, 1.807) is 18.2 Å². The SMILES string of the molecule is COC(=O)Nc1cccc(NCc2cccc(Br)c2O)c1. The van der Waals surface area contributed by atoms with Crippen molar-refractivity contribution in [3.63, 3.8) is 0 Å². The lowest BCUT2D eigenvalue weighted by Crippen LogP contribution is -2.11. The molecule has 21 heavy (non-hydrogen) atoms. The number of carbonyl (C=O) groups is 1. The molecular weight excluding hydrogens is 336 g/mol. The van der Waals surface area contributed by atoms with E-state index in [-0.39, 0.29) is 5.75 Å². The van der Waals surface area contributed by atoms with Crippen molar-refractivity contribution in [3.05, 3.63) is 52.5 Å². The monoisotopic (exact) mass is 350 g/mol. The third-order valence-corrected chi connectivity index (χ3v) is 3.49. The molecule has 5 nitrogen and oxygen atoms in total. The Hall–Kier alpha value is -2.21. The first-order valence-electron chi connectivity index (χ1n) is 6.25. The molecule has 2 aromatic rings. The van der Waals surface area contributed by atoms with E-state index in [4.69, 9.17) is 0 Å². The second kappa shape index (κ2) is 6.99. The molecule has 0 aliphatic rings. The maximum Gasteiger partial charge on any atom is 0.411 e. The second-order valence-electron chi connectivity index (χ2n) is 4.30. The molecule has 3 N–H and O–H groups in total. The summed E-state index contributed by atoms with van der Waals surface area (Å²) < 4.78 is 5.20. The van der Waals surface area contributed by atoms with E-state index in [0.29, 0.717) is 16.7 Å². The number of hydrogen-bond acceptors (Lipinski definition) is 4. The van der Waals surface area contributed by atoms with Gasteiger partial charge in [0.1, 0.15) is 5.75 Å². The van der Waals surface area contributed by atoms with Gasteiger partial charge in [0.05, 0.1) is 11.6 Å². The summed E-state index contributed by atoms with van der Waals surface area (Å²) in [6.07, 6.45) is -0.517. The van der Waals surface area contributed by atoms with Gasteiger partial charge >= 0.3 is 6.09 Å². The van der Waals surface area contributed by atoms with E-state index in [1.165, 1.54) is 7.11 Å². The summed E-state index contributed by atoms with van der Waals surface area (Å²) in [7, 11) is 1.31. The van der Waals surface area contributed by atoms with Crippen LogP contribution in [0.15, 0.2) is 46.9 Å². The Morgan fingerprint density at radius 3 is 2.71 bits per heavy atom. The minimum Gasteiger partial charge on any atom is -0.506 e. The van der Waals surface area contributed by atoms with Crippen LogP contribution in [-0.2, 0) is 11.3 Å². The highest BCUT2D eigenvalue weighted by Gasteiger charge is 2.05. The van der Waals surface area contributed by atoms with Gasteiger partial charge in [0, 0.05) is 23.5 Å². The van der Waals surface area contributed by atoms with E-state index in [2.05, 4.69) is 31.3 Å². The molecule has 6 heteroatoms. The molecule has 0 heterocycles. The van der Waals surface area contributed by atoms with Crippen molar-refractivity contribution in [2.75, 3.05) is 17.7 Å². The van der Waals surface area contributed by atoms with Crippen molar-refractivity contribution in [2.24, 2.45) is 0 Å². The minimum atomic E-state index is -0.517. The number of para-hydroxylation sites is 1. The van der Waals surface area contributed by atoms with Crippen molar-refractivity contribution in [1.29, 1.82) is 0 Å². The molecule has 0 radical (unpaired) electrons. The predicted molar refractivity (Wildman–Crippen MR) is 85.6 cm³/mol. The fourth-order valence-corrected chi connectivity index (χ4v) is 2.18. The van der Waals surface area contributed by atoms with Gasteiger partial charge in [-0.15, -0.1) is 0 Å². The zero-order chi connectivity index (χ0) is 15.2. The van der Waals surface area contributed by atoms with Gasteiger partial charge in [-0.25, -0.2) is 4.79 Å².